The maximum atomic E-state index is 5.56. The Hall–Kier alpha value is -3.50. The van der Waals surface area contributed by atoms with Crippen LogP contribution >= 0.6 is 0 Å². The maximum absolute atomic E-state index is 5.56. The summed E-state index contributed by atoms with van der Waals surface area (Å²) in [5.74, 6) is 1.88. The molecule has 0 amide bonds. The lowest BCUT2D eigenvalue weighted by Gasteiger charge is -2.24. The molecular formula is C22H23N7O3. The summed E-state index contributed by atoms with van der Waals surface area (Å²) < 4.78 is 20.4. The summed E-state index contributed by atoms with van der Waals surface area (Å²) in [7, 11) is 3.60. The second kappa shape index (κ2) is 7.57. The van der Waals surface area contributed by atoms with E-state index in [1.165, 1.54) is 0 Å². The number of hydrogen-bond donors (Lipinski definition) is 0. The first-order valence-electron chi connectivity index (χ1n) is 10.6. The monoisotopic (exact) mass is 433 g/mol. The van der Waals surface area contributed by atoms with E-state index in [2.05, 4.69) is 24.6 Å². The zero-order valence-electron chi connectivity index (χ0n) is 18.0. The Labute approximate surface area is 184 Å². The van der Waals surface area contributed by atoms with Crippen molar-refractivity contribution < 1.29 is 14.0 Å². The fraction of sp³-hybridized carbons (Fsp3) is 0.364. The van der Waals surface area contributed by atoms with Gasteiger partial charge in [-0.15, -0.1) is 0 Å². The molecule has 0 spiro atoms. The molecule has 2 aliphatic heterocycles. The van der Waals surface area contributed by atoms with Crippen LogP contribution in [-0.2, 0) is 24.8 Å². The van der Waals surface area contributed by atoms with E-state index in [0.717, 1.165) is 65.9 Å². The largest absolute Gasteiger partial charge is 0.497 e. The molecule has 4 aromatic rings. The van der Waals surface area contributed by atoms with Gasteiger partial charge in [-0.2, -0.15) is 10.1 Å². The van der Waals surface area contributed by atoms with Crippen molar-refractivity contribution in [2.45, 2.75) is 13.0 Å². The van der Waals surface area contributed by atoms with E-state index >= 15 is 0 Å². The SMILES string of the molecule is COc1ccc2c(c1)-c1nn(C)cc1Cc1c(-c3noc(CN4CCOCC4)n3)ncn1-2. The fourth-order valence-corrected chi connectivity index (χ4v) is 4.42. The molecule has 10 nitrogen and oxygen atoms in total. The van der Waals surface area contributed by atoms with Crippen LogP contribution in [0.2, 0.25) is 0 Å². The zero-order chi connectivity index (χ0) is 21.7. The number of ether oxygens (including phenoxy) is 2. The molecule has 1 saturated heterocycles. The Bertz CT molecular complexity index is 1280. The Morgan fingerprint density at radius 2 is 2.03 bits per heavy atom. The average molecular weight is 433 g/mol. The van der Waals surface area contributed by atoms with Crippen LogP contribution in [0.15, 0.2) is 35.2 Å². The van der Waals surface area contributed by atoms with E-state index in [9.17, 15) is 0 Å². The van der Waals surface area contributed by atoms with Crippen LogP contribution in [0, 0.1) is 0 Å². The van der Waals surface area contributed by atoms with Crippen LogP contribution in [0.1, 0.15) is 17.1 Å². The Morgan fingerprint density at radius 1 is 1.16 bits per heavy atom. The lowest BCUT2D eigenvalue weighted by atomic mass is 10.0. The van der Waals surface area contributed by atoms with E-state index in [-0.39, 0.29) is 0 Å². The topological polar surface area (TPSA) is 96.3 Å². The standard InChI is InChI=1S/C22H23N7O3/c1-27-11-14-9-18-21(22-24-19(32-26-22)12-28-5-7-31-8-6-28)23-13-29(18)17-4-3-15(30-2)10-16(17)20(14)25-27/h3-4,10-11,13H,5-9,12H2,1-2H3. The Balaban J connectivity index is 1.41. The minimum absolute atomic E-state index is 0.504. The van der Waals surface area contributed by atoms with Crippen molar-refractivity contribution in [2.75, 3.05) is 33.4 Å². The van der Waals surface area contributed by atoms with Gasteiger partial charge in [-0.3, -0.25) is 9.58 Å². The molecular weight excluding hydrogens is 410 g/mol. The fourth-order valence-electron chi connectivity index (χ4n) is 4.42. The molecule has 0 N–H and O–H groups in total. The van der Waals surface area contributed by atoms with Crippen molar-refractivity contribution in [1.29, 1.82) is 0 Å². The van der Waals surface area contributed by atoms with Gasteiger partial charge in [0.2, 0.25) is 11.7 Å². The van der Waals surface area contributed by atoms with Crippen molar-refractivity contribution in [1.82, 2.24) is 34.4 Å². The van der Waals surface area contributed by atoms with Gasteiger partial charge in [0, 0.05) is 43.9 Å². The highest BCUT2D eigenvalue weighted by Gasteiger charge is 2.27. The van der Waals surface area contributed by atoms with Crippen LogP contribution in [0.25, 0.3) is 28.5 Å². The van der Waals surface area contributed by atoms with Gasteiger partial charge in [0.1, 0.15) is 17.8 Å². The van der Waals surface area contributed by atoms with E-state index in [4.69, 9.17) is 19.1 Å². The van der Waals surface area contributed by atoms with Gasteiger partial charge in [0.15, 0.2) is 0 Å². The van der Waals surface area contributed by atoms with Gasteiger partial charge in [0.25, 0.3) is 0 Å². The molecule has 0 radical (unpaired) electrons. The third-order valence-electron chi connectivity index (χ3n) is 5.99. The van der Waals surface area contributed by atoms with Crippen LogP contribution in [0.5, 0.6) is 5.75 Å². The predicted molar refractivity (Wildman–Crippen MR) is 115 cm³/mol. The van der Waals surface area contributed by atoms with Crippen LogP contribution < -0.4 is 4.74 Å². The van der Waals surface area contributed by atoms with Crippen molar-refractivity contribution in [2.24, 2.45) is 7.05 Å². The summed E-state index contributed by atoms with van der Waals surface area (Å²) in [4.78, 5) is 11.6. The minimum atomic E-state index is 0.504. The van der Waals surface area contributed by atoms with Gasteiger partial charge in [-0.25, -0.2) is 4.98 Å². The summed E-state index contributed by atoms with van der Waals surface area (Å²) in [6.45, 7) is 3.80. The number of nitrogens with zero attached hydrogens (tertiary/aromatic N) is 7. The molecule has 0 aliphatic carbocycles. The Morgan fingerprint density at radius 3 is 2.88 bits per heavy atom. The van der Waals surface area contributed by atoms with Gasteiger partial charge < -0.3 is 18.6 Å². The van der Waals surface area contributed by atoms with Crippen molar-refractivity contribution in [3.8, 4) is 34.2 Å². The van der Waals surface area contributed by atoms with Crippen molar-refractivity contribution in [3.63, 3.8) is 0 Å². The summed E-state index contributed by atoms with van der Waals surface area (Å²) in [5, 5.41) is 8.97. The number of imidazole rings is 1. The molecule has 32 heavy (non-hydrogen) atoms. The first kappa shape index (κ1) is 19.2. The van der Waals surface area contributed by atoms with Gasteiger partial charge >= 0.3 is 0 Å². The lowest BCUT2D eigenvalue weighted by Crippen LogP contribution is -2.35. The molecule has 164 valence electrons. The number of aryl methyl sites for hydroxylation is 1. The molecule has 0 saturated carbocycles. The second-order valence-electron chi connectivity index (χ2n) is 8.05. The summed E-state index contributed by atoms with van der Waals surface area (Å²) >= 11 is 0. The molecule has 0 unspecified atom stereocenters. The minimum Gasteiger partial charge on any atom is -0.497 e. The maximum Gasteiger partial charge on any atom is 0.241 e. The van der Waals surface area contributed by atoms with Crippen molar-refractivity contribution >= 4 is 0 Å². The van der Waals surface area contributed by atoms with E-state index < -0.39 is 0 Å². The molecule has 0 bridgehead atoms. The number of benzene rings is 1. The van der Waals surface area contributed by atoms with Crippen molar-refractivity contribution in [3.05, 3.63) is 47.9 Å². The number of aromatic nitrogens is 6. The molecule has 6 rings (SSSR count). The molecule has 2 aliphatic rings. The van der Waals surface area contributed by atoms with Gasteiger partial charge in [-0.05, 0) is 18.2 Å². The van der Waals surface area contributed by atoms with Crippen LogP contribution in [-0.4, -0.2) is 67.8 Å². The number of hydrogen-bond acceptors (Lipinski definition) is 8. The number of fused-ring (bicyclic) bond motifs is 5. The first-order valence-corrected chi connectivity index (χ1v) is 10.6. The smallest absolute Gasteiger partial charge is 0.241 e. The quantitative estimate of drug-likeness (QED) is 0.425. The highest BCUT2D eigenvalue weighted by Crippen LogP contribution is 2.38. The van der Waals surface area contributed by atoms with E-state index in [0.29, 0.717) is 24.7 Å². The molecule has 5 heterocycles. The zero-order valence-corrected chi connectivity index (χ0v) is 18.0. The molecule has 1 fully saturated rings. The molecule has 1 aromatic carbocycles. The van der Waals surface area contributed by atoms with E-state index in [1.54, 1.807) is 7.11 Å². The highest BCUT2D eigenvalue weighted by atomic mass is 16.5. The second-order valence-corrected chi connectivity index (χ2v) is 8.05. The summed E-state index contributed by atoms with van der Waals surface area (Å²) in [5.41, 5.74) is 5.77. The van der Waals surface area contributed by atoms with Gasteiger partial charge in [-0.1, -0.05) is 5.16 Å². The van der Waals surface area contributed by atoms with Crippen LogP contribution in [0.3, 0.4) is 0 Å². The third kappa shape index (κ3) is 3.19. The van der Waals surface area contributed by atoms with E-state index in [1.807, 2.05) is 42.5 Å². The number of morpholine rings is 1. The molecule has 10 heteroatoms. The van der Waals surface area contributed by atoms with Crippen LogP contribution in [0.4, 0.5) is 0 Å². The molecule has 3 aromatic heterocycles. The lowest BCUT2D eigenvalue weighted by molar-refractivity contribution is 0.0297. The Kier molecular flexibility index (Phi) is 4.54. The third-order valence-corrected chi connectivity index (χ3v) is 5.99. The number of rotatable bonds is 4. The normalized spacial score (nSPS) is 15.7. The molecule has 0 atom stereocenters. The number of methoxy groups -OCH3 is 1. The predicted octanol–water partition coefficient (Wildman–Crippen LogP) is 2.07. The average Bonchev–Trinajstić information content (AvgIpc) is 3.51. The first-order chi connectivity index (χ1) is 15.7. The highest BCUT2D eigenvalue weighted by molar-refractivity contribution is 5.77. The van der Waals surface area contributed by atoms with Gasteiger partial charge in [0.05, 0.1) is 43.9 Å². The summed E-state index contributed by atoms with van der Waals surface area (Å²) in [6, 6.07) is 6.00. The summed E-state index contributed by atoms with van der Waals surface area (Å²) in [6.07, 6.45) is 4.52.